The Hall–Kier alpha value is -2.24. The van der Waals surface area contributed by atoms with Crippen LogP contribution in [0.1, 0.15) is 55.9 Å². The number of hydrogen-bond donors (Lipinski definition) is 1. The van der Waals surface area contributed by atoms with Crippen molar-refractivity contribution in [2.75, 3.05) is 25.1 Å². The molecule has 1 fully saturated rings. The molecule has 3 aliphatic heterocycles. The van der Waals surface area contributed by atoms with E-state index in [2.05, 4.69) is 25.4 Å². The fourth-order valence-electron chi connectivity index (χ4n) is 4.42. The summed E-state index contributed by atoms with van der Waals surface area (Å²) in [5, 5.41) is 2.76. The monoisotopic (exact) mass is 551 g/mol. The van der Waals surface area contributed by atoms with E-state index in [1.807, 2.05) is 13.0 Å². The first kappa shape index (κ1) is 22.9. The van der Waals surface area contributed by atoms with Crippen LogP contribution in [0.15, 0.2) is 18.2 Å². The summed E-state index contributed by atoms with van der Waals surface area (Å²) in [6.45, 7) is 5.18. The number of hydrogen-bond acceptors (Lipinski definition) is 7. The molecule has 170 valence electrons. The number of ether oxygens (including phenoxy) is 2. The van der Waals surface area contributed by atoms with Crippen molar-refractivity contribution < 1.29 is 22.1 Å². The highest BCUT2D eigenvalue weighted by atomic mass is 127. The number of piperidine rings is 1. The molecule has 0 saturated carbocycles. The lowest BCUT2D eigenvalue weighted by molar-refractivity contribution is 0.0960. The van der Waals surface area contributed by atoms with Crippen molar-refractivity contribution in [1.82, 2.24) is 10.3 Å². The van der Waals surface area contributed by atoms with Gasteiger partial charge in [-0.1, -0.05) is 6.07 Å². The van der Waals surface area contributed by atoms with Crippen LogP contribution in [0.5, 0.6) is 5.75 Å². The summed E-state index contributed by atoms with van der Waals surface area (Å²) in [7, 11) is 1.61. The molecule has 1 aromatic heterocycles. The third-order valence-corrected chi connectivity index (χ3v) is 6.04. The number of fused-ring (bicyclic) bond motifs is 2. The van der Waals surface area contributed by atoms with Gasteiger partial charge in [-0.15, -0.1) is 0 Å². The zero-order chi connectivity index (χ0) is 22.7. The lowest BCUT2D eigenvalue weighted by Crippen LogP contribution is -2.39. The van der Waals surface area contributed by atoms with Crippen molar-refractivity contribution >= 4 is 41.0 Å². The van der Waals surface area contributed by atoms with Gasteiger partial charge in [0.15, 0.2) is 6.29 Å². The van der Waals surface area contributed by atoms with Crippen LogP contribution in [0, 0.1) is 6.92 Å². The van der Waals surface area contributed by atoms with Gasteiger partial charge >= 0.3 is 0 Å². The van der Waals surface area contributed by atoms with Crippen molar-refractivity contribution in [2.45, 2.75) is 45.6 Å². The van der Waals surface area contributed by atoms with E-state index >= 15 is 0 Å². The van der Waals surface area contributed by atoms with Gasteiger partial charge in [-0.3, -0.25) is 9.59 Å². The first-order valence-electron chi connectivity index (χ1n) is 10.6. The molecule has 0 radical (unpaired) electrons. The van der Waals surface area contributed by atoms with Crippen molar-refractivity contribution in [3.63, 3.8) is 0 Å². The number of carbonyl (C=O) groups is 2. The van der Waals surface area contributed by atoms with E-state index in [4.69, 9.17) is 14.5 Å². The molecule has 3 aliphatic rings. The second kappa shape index (κ2) is 10.1. The Labute approximate surface area is 201 Å². The number of pyridine rings is 1. The lowest BCUT2D eigenvalue weighted by Gasteiger charge is -2.34. The maximum atomic E-state index is 12.0. The Morgan fingerprint density at radius 3 is 2.69 bits per heavy atom. The predicted octanol–water partition coefficient (Wildman–Crippen LogP) is 3.51. The van der Waals surface area contributed by atoms with E-state index in [9.17, 15) is 9.59 Å². The van der Waals surface area contributed by atoms with Gasteiger partial charge in [0.1, 0.15) is 40.7 Å². The average molecular weight is 551 g/mol. The second-order valence-electron chi connectivity index (χ2n) is 7.98. The molecule has 4 heterocycles. The minimum atomic E-state index is -0.212. The average Bonchev–Trinajstić information content (AvgIpc) is 3.41. The molecule has 1 amide bonds. The number of nitrogens with one attached hydrogen (secondary N) is 1. The minimum absolute atomic E-state index is 0.148. The normalized spacial score (nSPS) is 17.2. The van der Waals surface area contributed by atoms with Crippen molar-refractivity contribution in [3.05, 3.63) is 51.7 Å². The Morgan fingerprint density at radius 1 is 1.25 bits per heavy atom. The number of aromatic nitrogens is 1. The van der Waals surface area contributed by atoms with Gasteiger partial charge in [-0.2, -0.15) is 0 Å². The van der Waals surface area contributed by atoms with Gasteiger partial charge in [0.25, 0.3) is 5.91 Å². The van der Waals surface area contributed by atoms with Gasteiger partial charge in [0.05, 0.1) is 31.0 Å². The molecule has 0 spiro atoms. The highest BCUT2D eigenvalue weighted by Gasteiger charge is 2.30. The van der Waals surface area contributed by atoms with Gasteiger partial charge < -0.3 is 22.8 Å². The fourth-order valence-corrected chi connectivity index (χ4v) is 4.42. The van der Waals surface area contributed by atoms with Gasteiger partial charge in [0, 0.05) is 44.2 Å². The van der Waals surface area contributed by atoms with Crippen molar-refractivity contribution in [1.29, 1.82) is 0 Å². The number of anilines is 1. The molecule has 1 aromatic carbocycles. The number of aldehydes is 1. The van der Waals surface area contributed by atoms with Crippen molar-refractivity contribution in [2.24, 2.45) is 0 Å². The summed E-state index contributed by atoms with van der Waals surface area (Å²) < 4.78 is 15.9. The Kier molecular flexibility index (Phi) is 7.27. The van der Waals surface area contributed by atoms with Gasteiger partial charge in [-0.05, 0) is 30.2 Å². The Bertz CT molecular complexity index is 1020. The largest absolute Gasteiger partial charge is 0.490 e. The smallest absolute Gasteiger partial charge is 0.254 e. The van der Waals surface area contributed by atoms with E-state index in [-0.39, 0.29) is 12.0 Å². The second-order valence-corrected chi connectivity index (χ2v) is 8.86. The maximum absolute atomic E-state index is 12.0. The minimum Gasteiger partial charge on any atom is -0.490 e. The molecule has 9 heteroatoms. The maximum Gasteiger partial charge on any atom is 0.254 e. The van der Waals surface area contributed by atoms with E-state index < -0.39 is 0 Å². The van der Waals surface area contributed by atoms with E-state index in [1.54, 1.807) is 30.1 Å². The van der Waals surface area contributed by atoms with E-state index in [0.29, 0.717) is 36.6 Å². The molecular weight excluding hydrogens is 525 g/mol. The van der Waals surface area contributed by atoms with Crippen LogP contribution in [0.4, 0.5) is 5.82 Å². The summed E-state index contributed by atoms with van der Waals surface area (Å²) in [6.07, 6.45) is 2.67. The van der Waals surface area contributed by atoms with Crippen LogP contribution in [-0.2, 0) is 27.6 Å². The van der Waals surface area contributed by atoms with Gasteiger partial charge in [0.2, 0.25) is 0 Å². The molecule has 0 unspecified atom stereocenters. The molecule has 32 heavy (non-hydrogen) atoms. The number of rotatable bonds is 4. The van der Waals surface area contributed by atoms with E-state index in [0.717, 1.165) is 49.3 Å². The fraction of sp³-hybridized carbons (Fsp3) is 0.435. The summed E-state index contributed by atoms with van der Waals surface area (Å²) >= 11 is 1.79. The molecule has 1 saturated heterocycles. The molecule has 0 bridgehead atoms. The molecule has 0 atom stereocenters. The quantitative estimate of drug-likeness (QED) is 0.460. The lowest BCUT2D eigenvalue weighted by atomic mass is 10.0. The number of carbonyl (C=O) groups excluding carboxylic acids is 2. The highest BCUT2D eigenvalue weighted by molar-refractivity contribution is 14.1. The zero-order valence-electron chi connectivity index (χ0n) is 18.2. The summed E-state index contributed by atoms with van der Waals surface area (Å²) in [6, 6.07) is 6.19. The summed E-state index contributed by atoms with van der Waals surface area (Å²) in [4.78, 5) is 30.6. The predicted molar refractivity (Wildman–Crippen MR) is 127 cm³/mol. The Balaban J connectivity index is 0.000000775. The first-order valence-corrected chi connectivity index (χ1v) is 11.5. The molecule has 0 aliphatic carbocycles. The summed E-state index contributed by atoms with van der Waals surface area (Å²) in [5.41, 5.74) is 4.77. The first-order chi connectivity index (χ1) is 15.5. The van der Waals surface area contributed by atoms with Crippen LogP contribution in [-0.4, -0.2) is 43.5 Å². The number of amides is 1. The standard InChI is InChI=1S/C22H23N3O4.CH3IO/c1-13-18(10-26)20-19(9-23-22(20)27)24-21(13)25-6-4-16(5-7-25)29-17-3-2-14-11-28-12-15(14)8-17;1-3-2/h2-3,8,10,16H,4-7,9,11-12H2,1H3,(H,23,27);1H3. The zero-order valence-corrected chi connectivity index (χ0v) is 20.3. The Morgan fingerprint density at radius 2 is 1.97 bits per heavy atom. The van der Waals surface area contributed by atoms with Crippen LogP contribution >= 0.6 is 23.0 Å². The number of halogens is 1. The molecular formula is C23H26IN3O5. The third-order valence-electron chi connectivity index (χ3n) is 6.04. The van der Waals surface area contributed by atoms with Crippen LogP contribution in [0.25, 0.3) is 0 Å². The highest BCUT2D eigenvalue weighted by Crippen LogP contribution is 2.31. The molecule has 1 N–H and O–H groups in total. The SMILES string of the molecule is COI.Cc1c(N2CCC(Oc3ccc4c(c3)COC4)CC2)nc2c(c1C=O)C(=O)NC2. The topological polar surface area (TPSA) is 90.0 Å². The number of nitrogens with zero attached hydrogens (tertiary/aromatic N) is 2. The van der Waals surface area contributed by atoms with E-state index in [1.165, 1.54) is 11.1 Å². The summed E-state index contributed by atoms with van der Waals surface area (Å²) in [5.74, 6) is 1.49. The van der Waals surface area contributed by atoms with Gasteiger partial charge in [-0.25, -0.2) is 4.98 Å². The van der Waals surface area contributed by atoms with Crippen LogP contribution in [0.2, 0.25) is 0 Å². The van der Waals surface area contributed by atoms with Crippen LogP contribution < -0.4 is 15.0 Å². The molecule has 8 nitrogen and oxygen atoms in total. The molecule has 5 rings (SSSR count). The molecule has 2 aromatic rings. The van der Waals surface area contributed by atoms with Crippen LogP contribution in [0.3, 0.4) is 0 Å². The van der Waals surface area contributed by atoms with Crippen molar-refractivity contribution in [3.8, 4) is 5.75 Å². The number of benzene rings is 1. The third kappa shape index (κ3) is 4.60.